The number of aliphatic carboxylic acids is 1. The molecule has 0 saturated carbocycles. The lowest BCUT2D eigenvalue weighted by molar-refractivity contribution is -0.160. The van der Waals surface area contributed by atoms with Crippen molar-refractivity contribution in [2.75, 3.05) is 39.9 Å². The van der Waals surface area contributed by atoms with Gasteiger partial charge >= 0.3 is 5.97 Å². The van der Waals surface area contributed by atoms with E-state index in [4.69, 9.17) is 4.74 Å². The van der Waals surface area contributed by atoms with E-state index in [-0.39, 0.29) is 30.9 Å². The molecule has 0 bridgehead atoms. The maximum absolute atomic E-state index is 13.1. The van der Waals surface area contributed by atoms with Crippen LogP contribution in [0.15, 0.2) is 30.3 Å². The number of carbonyl (C=O) groups is 3. The van der Waals surface area contributed by atoms with Crippen LogP contribution in [-0.2, 0) is 14.3 Å². The lowest BCUT2D eigenvalue weighted by atomic mass is 9.80. The van der Waals surface area contributed by atoms with E-state index in [0.717, 1.165) is 12.8 Å². The first-order valence-electron chi connectivity index (χ1n) is 9.82. The molecular formula is C21H28N2O5. The Morgan fingerprint density at radius 3 is 2.54 bits per heavy atom. The highest BCUT2D eigenvalue weighted by molar-refractivity contribution is 5.94. The van der Waals surface area contributed by atoms with Crippen LogP contribution < -0.4 is 0 Å². The maximum Gasteiger partial charge on any atom is 0.313 e. The Bertz CT molecular complexity index is 719. The summed E-state index contributed by atoms with van der Waals surface area (Å²) in [6, 6.07) is 9.09. The molecule has 2 unspecified atom stereocenters. The number of methoxy groups -OCH3 is 1. The minimum Gasteiger partial charge on any atom is -0.481 e. The summed E-state index contributed by atoms with van der Waals surface area (Å²) in [5.74, 6) is -1.31. The third-order valence-electron chi connectivity index (χ3n) is 5.84. The highest BCUT2D eigenvalue weighted by Gasteiger charge is 2.45. The quantitative estimate of drug-likeness (QED) is 0.832. The minimum atomic E-state index is -1.04. The molecule has 2 heterocycles. The van der Waals surface area contributed by atoms with Gasteiger partial charge in [0.05, 0.1) is 12.5 Å². The molecule has 2 aliphatic heterocycles. The molecule has 28 heavy (non-hydrogen) atoms. The summed E-state index contributed by atoms with van der Waals surface area (Å²) in [7, 11) is 1.49. The van der Waals surface area contributed by atoms with Gasteiger partial charge in [0, 0.05) is 38.9 Å². The number of likely N-dealkylation sites (tertiary alicyclic amines) is 2. The van der Waals surface area contributed by atoms with Crippen molar-refractivity contribution in [3.63, 3.8) is 0 Å². The lowest BCUT2D eigenvalue weighted by Gasteiger charge is -2.42. The van der Waals surface area contributed by atoms with Crippen LogP contribution in [0.5, 0.6) is 0 Å². The molecule has 2 fully saturated rings. The highest BCUT2D eigenvalue weighted by Crippen LogP contribution is 2.32. The van der Waals surface area contributed by atoms with Crippen LogP contribution >= 0.6 is 0 Å². The van der Waals surface area contributed by atoms with E-state index in [2.05, 4.69) is 0 Å². The fraction of sp³-hybridized carbons (Fsp3) is 0.571. The normalized spacial score (nSPS) is 25.4. The standard InChI is InChI=1S/C21H28N2O5/c1-28-15-21(20(26)27)10-6-12-23(14-21)19(25)17-9-5-11-22(13-17)18(24)16-7-3-2-4-8-16/h2-4,7-8,17H,5-6,9-15H2,1H3,(H,26,27). The number of benzene rings is 1. The van der Waals surface area contributed by atoms with Crippen molar-refractivity contribution in [2.45, 2.75) is 25.7 Å². The Hall–Kier alpha value is -2.41. The van der Waals surface area contributed by atoms with Crippen molar-refractivity contribution in [1.82, 2.24) is 9.80 Å². The summed E-state index contributed by atoms with van der Waals surface area (Å²) in [6.45, 7) is 1.84. The molecule has 7 heteroatoms. The van der Waals surface area contributed by atoms with Crippen molar-refractivity contribution in [3.05, 3.63) is 35.9 Å². The summed E-state index contributed by atoms with van der Waals surface area (Å²) in [5.41, 5.74) is -0.421. The molecule has 0 spiro atoms. The molecule has 1 N–H and O–H groups in total. The third-order valence-corrected chi connectivity index (χ3v) is 5.84. The molecule has 1 aromatic rings. The molecule has 0 aliphatic carbocycles. The van der Waals surface area contributed by atoms with Crippen molar-refractivity contribution >= 4 is 17.8 Å². The highest BCUT2D eigenvalue weighted by atomic mass is 16.5. The predicted molar refractivity (Wildman–Crippen MR) is 103 cm³/mol. The monoisotopic (exact) mass is 388 g/mol. The zero-order chi connectivity index (χ0) is 20.1. The van der Waals surface area contributed by atoms with Gasteiger partial charge in [0.25, 0.3) is 5.91 Å². The molecule has 152 valence electrons. The average molecular weight is 388 g/mol. The van der Waals surface area contributed by atoms with E-state index in [1.165, 1.54) is 7.11 Å². The van der Waals surface area contributed by atoms with E-state index in [0.29, 0.717) is 38.0 Å². The second-order valence-electron chi connectivity index (χ2n) is 7.84. The number of rotatable bonds is 5. The summed E-state index contributed by atoms with van der Waals surface area (Å²) >= 11 is 0. The summed E-state index contributed by atoms with van der Waals surface area (Å²) < 4.78 is 5.15. The van der Waals surface area contributed by atoms with Crippen LogP contribution in [0.3, 0.4) is 0 Å². The minimum absolute atomic E-state index is 0.0491. The smallest absolute Gasteiger partial charge is 0.313 e. The van der Waals surface area contributed by atoms with Gasteiger partial charge in [0.1, 0.15) is 5.41 Å². The van der Waals surface area contributed by atoms with Gasteiger partial charge in [0.2, 0.25) is 5.91 Å². The van der Waals surface area contributed by atoms with E-state index in [1.54, 1.807) is 21.9 Å². The van der Waals surface area contributed by atoms with Gasteiger partial charge in [-0.25, -0.2) is 0 Å². The van der Waals surface area contributed by atoms with Crippen LogP contribution in [0.4, 0.5) is 0 Å². The molecule has 2 amide bonds. The maximum atomic E-state index is 13.1. The largest absolute Gasteiger partial charge is 0.481 e. The SMILES string of the molecule is COCC1(C(=O)O)CCCN(C(=O)C2CCCN(C(=O)c3ccccc3)C2)C1. The van der Waals surface area contributed by atoms with E-state index in [9.17, 15) is 19.5 Å². The zero-order valence-electron chi connectivity index (χ0n) is 16.3. The van der Waals surface area contributed by atoms with Crippen LogP contribution in [0.25, 0.3) is 0 Å². The lowest BCUT2D eigenvalue weighted by Crippen LogP contribution is -2.55. The summed E-state index contributed by atoms with van der Waals surface area (Å²) in [6.07, 6.45) is 2.63. The Morgan fingerprint density at radius 2 is 1.86 bits per heavy atom. The number of nitrogens with zero attached hydrogens (tertiary/aromatic N) is 2. The number of carboxylic acid groups (broad SMARTS) is 1. The Balaban J connectivity index is 1.68. The van der Waals surface area contributed by atoms with Gasteiger partial charge in [-0.15, -0.1) is 0 Å². The number of piperidine rings is 2. The van der Waals surface area contributed by atoms with E-state index in [1.807, 2.05) is 18.2 Å². The first-order valence-corrected chi connectivity index (χ1v) is 9.82. The number of hydrogen-bond donors (Lipinski definition) is 1. The van der Waals surface area contributed by atoms with Gasteiger partial charge in [-0.05, 0) is 37.8 Å². The second kappa shape index (κ2) is 8.73. The first-order chi connectivity index (χ1) is 13.5. The van der Waals surface area contributed by atoms with Gasteiger partial charge < -0.3 is 19.6 Å². The molecule has 0 radical (unpaired) electrons. The molecule has 7 nitrogen and oxygen atoms in total. The van der Waals surface area contributed by atoms with Crippen LogP contribution in [0.2, 0.25) is 0 Å². The predicted octanol–water partition coefficient (Wildman–Crippen LogP) is 1.88. The first kappa shape index (κ1) is 20.3. The Kier molecular flexibility index (Phi) is 6.34. The zero-order valence-corrected chi connectivity index (χ0v) is 16.3. The third kappa shape index (κ3) is 4.19. The van der Waals surface area contributed by atoms with Gasteiger partial charge in [-0.3, -0.25) is 14.4 Å². The molecule has 2 saturated heterocycles. The van der Waals surface area contributed by atoms with E-state index < -0.39 is 11.4 Å². The molecule has 0 aromatic heterocycles. The van der Waals surface area contributed by atoms with E-state index >= 15 is 0 Å². The molecule has 2 aliphatic rings. The van der Waals surface area contributed by atoms with Gasteiger partial charge in [0.15, 0.2) is 0 Å². The number of carboxylic acids is 1. The Labute approximate surface area is 165 Å². The van der Waals surface area contributed by atoms with Crippen LogP contribution in [-0.4, -0.2) is 72.6 Å². The van der Waals surface area contributed by atoms with Crippen molar-refractivity contribution in [2.24, 2.45) is 11.3 Å². The summed E-state index contributed by atoms with van der Waals surface area (Å²) in [4.78, 5) is 41.1. The molecule has 1 aromatic carbocycles. The van der Waals surface area contributed by atoms with Crippen LogP contribution in [0, 0.1) is 11.3 Å². The van der Waals surface area contributed by atoms with Gasteiger partial charge in [-0.2, -0.15) is 0 Å². The second-order valence-corrected chi connectivity index (χ2v) is 7.84. The fourth-order valence-electron chi connectivity index (χ4n) is 4.33. The molecular weight excluding hydrogens is 360 g/mol. The molecule has 3 rings (SSSR count). The number of ether oxygens (including phenoxy) is 1. The Morgan fingerprint density at radius 1 is 1.14 bits per heavy atom. The average Bonchev–Trinajstić information content (AvgIpc) is 2.73. The van der Waals surface area contributed by atoms with Gasteiger partial charge in [-0.1, -0.05) is 18.2 Å². The topological polar surface area (TPSA) is 87.2 Å². The van der Waals surface area contributed by atoms with Crippen molar-refractivity contribution in [3.8, 4) is 0 Å². The van der Waals surface area contributed by atoms with Crippen molar-refractivity contribution in [1.29, 1.82) is 0 Å². The number of hydrogen-bond acceptors (Lipinski definition) is 4. The number of amides is 2. The number of carbonyl (C=O) groups excluding carboxylic acids is 2. The summed E-state index contributed by atoms with van der Waals surface area (Å²) in [5, 5.41) is 9.70. The van der Waals surface area contributed by atoms with Crippen LogP contribution in [0.1, 0.15) is 36.0 Å². The molecule has 2 atom stereocenters. The van der Waals surface area contributed by atoms with Crippen molar-refractivity contribution < 1.29 is 24.2 Å². The fourth-order valence-corrected chi connectivity index (χ4v) is 4.33.